The summed E-state index contributed by atoms with van der Waals surface area (Å²) in [7, 11) is 0. The molecule has 0 aromatic heterocycles. The molecular formula is C7H11N3O2. The fraction of sp³-hybridized carbons (Fsp3) is 0.714. The van der Waals surface area contributed by atoms with Crippen LogP contribution >= 0.6 is 0 Å². The van der Waals surface area contributed by atoms with E-state index < -0.39 is 5.54 Å². The highest BCUT2D eigenvalue weighted by Crippen LogP contribution is 2.21. The van der Waals surface area contributed by atoms with Crippen LogP contribution in [0, 0.1) is 0 Å². The second-order valence-electron chi connectivity index (χ2n) is 3.24. The smallest absolute Gasteiger partial charge is 0.322 e. The maximum Gasteiger partial charge on any atom is 0.322 e. The van der Waals surface area contributed by atoms with E-state index in [1.54, 1.807) is 0 Å². The van der Waals surface area contributed by atoms with Crippen molar-refractivity contribution in [2.45, 2.75) is 18.4 Å². The van der Waals surface area contributed by atoms with Crippen LogP contribution in [0.2, 0.25) is 0 Å². The van der Waals surface area contributed by atoms with Crippen LogP contribution in [0.3, 0.4) is 0 Å². The van der Waals surface area contributed by atoms with Crippen molar-refractivity contribution in [1.29, 1.82) is 0 Å². The van der Waals surface area contributed by atoms with Crippen LogP contribution in [0.15, 0.2) is 0 Å². The lowest BCUT2D eigenvalue weighted by molar-refractivity contribution is -0.124. The highest BCUT2D eigenvalue weighted by Gasteiger charge is 2.46. The predicted molar refractivity (Wildman–Crippen MR) is 41.5 cm³/mol. The molecule has 0 saturated carbocycles. The number of amides is 3. The van der Waals surface area contributed by atoms with E-state index in [1.165, 1.54) is 0 Å². The predicted octanol–water partition coefficient (Wildman–Crippen LogP) is -1.05. The number of nitrogens with one attached hydrogen (secondary N) is 3. The maximum absolute atomic E-state index is 11.3. The lowest BCUT2D eigenvalue weighted by Crippen LogP contribution is -2.53. The molecule has 0 bridgehead atoms. The average molecular weight is 169 g/mol. The maximum atomic E-state index is 11.3. The van der Waals surface area contributed by atoms with Gasteiger partial charge in [-0.05, 0) is 25.9 Å². The quantitative estimate of drug-likeness (QED) is 0.405. The van der Waals surface area contributed by atoms with Gasteiger partial charge in [0, 0.05) is 0 Å². The summed E-state index contributed by atoms with van der Waals surface area (Å²) in [6.45, 7) is 1.57. The molecule has 0 unspecified atom stereocenters. The first kappa shape index (κ1) is 7.54. The van der Waals surface area contributed by atoms with Crippen LogP contribution in [0.5, 0.6) is 0 Å². The number of carbonyl (C=O) groups is 2. The third-order valence-electron chi connectivity index (χ3n) is 2.47. The Bertz CT molecular complexity index is 233. The highest BCUT2D eigenvalue weighted by atomic mass is 16.2. The third kappa shape index (κ3) is 0.972. The van der Waals surface area contributed by atoms with Gasteiger partial charge in [-0.25, -0.2) is 4.79 Å². The van der Waals surface area contributed by atoms with Gasteiger partial charge in [-0.15, -0.1) is 0 Å². The largest absolute Gasteiger partial charge is 0.323 e. The van der Waals surface area contributed by atoms with Gasteiger partial charge in [0.25, 0.3) is 5.91 Å². The normalized spacial score (nSPS) is 27.0. The number of urea groups is 1. The molecule has 12 heavy (non-hydrogen) atoms. The summed E-state index contributed by atoms with van der Waals surface area (Å²) in [6.07, 6.45) is 1.37. The Morgan fingerprint density at radius 3 is 2.33 bits per heavy atom. The first-order valence-electron chi connectivity index (χ1n) is 4.07. The molecule has 2 aliphatic heterocycles. The third-order valence-corrected chi connectivity index (χ3v) is 2.47. The number of rotatable bonds is 0. The SMILES string of the molecule is O=C1NC(=O)C2(CCNCC2)N1. The zero-order chi connectivity index (χ0) is 8.60. The fourth-order valence-electron chi connectivity index (χ4n) is 1.73. The van der Waals surface area contributed by atoms with Crippen molar-refractivity contribution in [3.63, 3.8) is 0 Å². The van der Waals surface area contributed by atoms with Gasteiger partial charge >= 0.3 is 6.03 Å². The molecule has 66 valence electrons. The van der Waals surface area contributed by atoms with Crippen molar-refractivity contribution < 1.29 is 9.59 Å². The lowest BCUT2D eigenvalue weighted by Gasteiger charge is -2.30. The van der Waals surface area contributed by atoms with Crippen molar-refractivity contribution in [3.05, 3.63) is 0 Å². The van der Waals surface area contributed by atoms with Gasteiger partial charge in [-0.3, -0.25) is 10.1 Å². The van der Waals surface area contributed by atoms with E-state index in [-0.39, 0.29) is 11.9 Å². The summed E-state index contributed by atoms with van der Waals surface area (Å²) >= 11 is 0. The molecule has 2 saturated heterocycles. The average Bonchev–Trinajstić information content (AvgIpc) is 2.29. The van der Waals surface area contributed by atoms with Gasteiger partial charge in [0.05, 0.1) is 0 Å². The molecular weight excluding hydrogens is 158 g/mol. The van der Waals surface area contributed by atoms with E-state index in [1.807, 2.05) is 0 Å². The molecule has 3 amide bonds. The first-order chi connectivity index (χ1) is 5.73. The Hall–Kier alpha value is -1.10. The Balaban J connectivity index is 2.18. The van der Waals surface area contributed by atoms with Gasteiger partial charge in [0.2, 0.25) is 0 Å². The molecule has 2 aliphatic rings. The second-order valence-corrected chi connectivity index (χ2v) is 3.24. The molecule has 3 N–H and O–H groups in total. The summed E-state index contributed by atoms with van der Waals surface area (Å²) in [5.41, 5.74) is -0.609. The monoisotopic (exact) mass is 169 g/mol. The molecule has 0 aromatic carbocycles. The van der Waals surface area contributed by atoms with Crippen LogP contribution in [0.25, 0.3) is 0 Å². The number of piperidine rings is 1. The molecule has 2 heterocycles. The zero-order valence-corrected chi connectivity index (χ0v) is 6.64. The zero-order valence-electron chi connectivity index (χ0n) is 6.64. The van der Waals surface area contributed by atoms with Gasteiger partial charge in [0.15, 0.2) is 0 Å². The topological polar surface area (TPSA) is 70.2 Å². The molecule has 0 atom stereocenters. The van der Waals surface area contributed by atoms with Crippen LogP contribution in [0.1, 0.15) is 12.8 Å². The minimum atomic E-state index is -0.609. The standard InChI is InChI=1S/C7H11N3O2/c11-5-7(10-6(12)9-5)1-3-8-4-2-7/h8H,1-4H2,(H2,9,10,11,12). The summed E-state index contributed by atoms with van der Waals surface area (Å²) in [4.78, 5) is 22.2. The van der Waals surface area contributed by atoms with Crippen molar-refractivity contribution in [3.8, 4) is 0 Å². The summed E-state index contributed by atoms with van der Waals surface area (Å²) in [5.74, 6) is -0.172. The van der Waals surface area contributed by atoms with Gasteiger partial charge in [0.1, 0.15) is 5.54 Å². The Morgan fingerprint density at radius 1 is 1.17 bits per heavy atom. The molecule has 1 spiro atoms. The number of carbonyl (C=O) groups excluding carboxylic acids is 2. The summed E-state index contributed by atoms with van der Waals surface area (Å²) in [6, 6.07) is -0.359. The van der Waals surface area contributed by atoms with Crippen molar-refractivity contribution in [1.82, 2.24) is 16.0 Å². The minimum absolute atomic E-state index is 0.172. The molecule has 0 aromatic rings. The van der Waals surface area contributed by atoms with E-state index >= 15 is 0 Å². The molecule has 5 nitrogen and oxygen atoms in total. The number of hydrogen-bond acceptors (Lipinski definition) is 3. The van der Waals surface area contributed by atoms with Gasteiger partial charge in [-0.2, -0.15) is 0 Å². The molecule has 5 heteroatoms. The van der Waals surface area contributed by atoms with E-state index in [4.69, 9.17) is 0 Å². The molecule has 0 radical (unpaired) electrons. The number of hydrogen-bond donors (Lipinski definition) is 3. The van der Waals surface area contributed by atoms with Crippen molar-refractivity contribution in [2.75, 3.05) is 13.1 Å². The fourth-order valence-corrected chi connectivity index (χ4v) is 1.73. The summed E-state index contributed by atoms with van der Waals surface area (Å²) in [5, 5.41) is 8.08. The Labute approximate surface area is 69.9 Å². The van der Waals surface area contributed by atoms with E-state index in [0.29, 0.717) is 12.8 Å². The lowest BCUT2D eigenvalue weighted by atomic mass is 9.89. The van der Waals surface area contributed by atoms with Crippen LogP contribution in [-0.2, 0) is 4.79 Å². The van der Waals surface area contributed by atoms with E-state index in [0.717, 1.165) is 13.1 Å². The van der Waals surface area contributed by atoms with Gasteiger partial charge in [-0.1, -0.05) is 0 Å². The Kier molecular flexibility index (Phi) is 1.54. The van der Waals surface area contributed by atoms with Crippen LogP contribution < -0.4 is 16.0 Å². The van der Waals surface area contributed by atoms with Crippen molar-refractivity contribution in [2.24, 2.45) is 0 Å². The first-order valence-corrected chi connectivity index (χ1v) is 4.07. The molecule has 2 fully saturated rings. The van der Waals surface area contributed by atoms with Crippen LogP contribution in [0.4, 0.5) is 4.79 Å². The Morgan fingerprint density at radius 2 is 1.83 bits per heavy atom. The van der Waals surface area contributed by atoms with Crippen LogP contribution in [-0.4, -0.2) is 30.6 Å². The highest BCUT2D eigenvalue weighted by molar-refractivity contribution is 6.07. The molecule has 0 aliphatic carbocycles. The van der Waals surface area contributed by atoms with E-state index in [9.17, 15) is 9.59 Å². The molecule has 2 rings (SSSR count). The minimum Gasteiger partial charge on any atom is -0.323 e. The second kappa shape index (κ2) is 2.45. The summed E-state index contributed by atoms with van der Waals surface area (Å²) < 4.78 is 0. The number of imide groups is 1. The van der Waals surface area contributed by atoms with Gasteiger partial charge < -0.3 is 10.6 Å². The van der Waals surface area contributed by atoms with E-state index in [2.05, 4.69) is 16.0 Å². The van der Waals surface area contributed by atoms with Crippen molar-refractivity contribution >= 4 is 11.9 Å².